The Morgan fingerprint density at radius 1 is 1.50 bits per heavy atom. The standard InChI is InChI=1S/C15H16N2O3/c1-4-11(12-7-5-6-10(2)8-12)9-13(18)14(17-16)15(19)20-3/h4-8,11H,1,9H2,2-3H3/t11-/m1/s1. The van der Waals surface area contributed by atoms with Crippen molar-refractivity contribution in [2.45, 2.75) is 19.3 Å². The monoisotopic (exact) mass is 272 g/mol. The molecule has 0 heterocycles. The summed E-state index contributed by atoms with van der Waals surface area (Å²) in [6.45, 7) is 5.64. The first-order valence-electron chi connectivity index (χ1n) is 6.06. The van der Waals surface area contributed by atoms with Gasteiger partial charge in [-0.25, -0.2) is 4.79 Å². The van der Waals surface area contributed by atoms with Gasteiger partial charge in [0.1, 0.15) is 0 Å². The van der Waals surface area contributed by atoms with Gasteiger partial charge in [-0.3, -0.25) is 4.79 Å². The van der Waals surface area contributed by atoms with Crippen molar-refractivity contribution in [3.8, 4) is 0 Å². The van der Waals surface area contributed by atoms with Crippen LogP contribution in [0.15, 0.2) is 36.9 Å². The molecule has 20 heavy (non-hydrogen) atoms. The van der Waals surface area contributed by atoms with Crippen LogP contribution in [0.25, 0.3) is 5.53 Å². The smallest absolute Gasteiger partial charge is 0.441 e. The van der Waals surface area contributed by atoms with Crippen molar-refractivity contribution in [2.75, 3.05) is 7.11 Å². The van der Waals surface area contributed by atoms with Crippen LogP contribution in [0.5, 0.6) is 0 Å². The van der Waals surface area contributed by atoms with Crippen LogP contribution in [0.2, 0.25) is 0 Å². The predicted molar refractivity (Wildman–Crippen MR) is 74.4 cm³/mol. The van der Waals surface area contributed by atoms with Gasteiger partial charge in [-0.05, 0) is 12.5 Å². The molecule has 1 atom stereocenters. The molecule has 1 aromatic rings. The average molecular weight is 272 g/mol. The lowest BCUT2D eigenvalue weighted by atomic mass is 9.91. The molecule has 0 saturated carbocycles. The second kappa shape index (κ2) is 7.16. The molecule has 0 aromatic heterocycles. The normalized spacial score (nSPS) is 11.1. The third-order valence-electron chi connectivity index (χ3n) is 2.90. The molecule has 0 amide bonds. The highest BCUT2D eigenvalue weighted by Gasteiger charge is 2.31. The number of Topliss-reactive ketones (excluding diaryl/α,β-unsaturated/α-hetero) is 1. The number of methoxy groups -OCH3 is 1. The van der Waals surface area contributed by atoms with Crippen LogP contribution < -0.4 is 0 Å². The second-order valence-electron chi connectivity index (χ2n) is 4.32. The third kappa shape index (κ3) is 3.73. The summed E-state index contributed by atoms with van der Waals surface area (Å²) in [5, 5.41) is 0. The van der Waals surface area contributed by atoms with E-state index in [2.05, 4.69) is 16.1 Å². The van der Waals surface area contributed by atoms with Crippen molar-refractivity contribution >= 4 is 17.5 Å². The number of carbonyl (C=O) groups excluding carboxylic acids is 2. The van der Waals surface area contributed by atoms with E-state index in [1.54, 1.807) is 6.08 Å². The Balaban J connectivity index is 2.94. The molecule has 0 unspecified atom stereocenters. The van der Waals surface area contributed by atoms with Gasteiger partial charge in [-0.2, -0.15) is 4.79 Å². The number of ether oxygens (including phenoxy) is 1. The molecule has 0 aliphatic rings. The van der Waals surface area contributed by atoms with Gasteiger partial charge in [-0.15, -0.1) is 6.58 Å². The highest BCUT2D eigenvalue weighted by molar-refractivity contribution is 6.62. The fourth-order valence-corrected chi connectivity index (χ4v) is 1.84. The van der Waals surface area contributed by atoms with E-state index in [0.29, 0.717) is 0 Å². The van der Waals surface area contributed by atoms with Gasteiger partial charge in [-0.1, -0.05) is 35.9 Å². The molecule has 0 aliphatic carbocycles. The number of hydrogen-bond acceptors (Lipinski definition) is 3. The first-order valence-corrected chi connectivity index (χ1v) is 6.06. The quantitative estimate of drug-likeness (QED) is 0.198. The first-order chi connectivity index (χ1) is 9.53. The Hall–Kier alpha value is -2.52. The molecular weight excluding hydrogens is 256 g/mol. The van der Waals surface area contributed by atoms with E-state index in [-0.39, 0.29) is 12.3 Å². The average Bonchev–Trinajstić information content (AvgIpc) is 2.45. The summed E-state index contributed by atoms with van der Waals surface area (Å²) in [6.07, 6.45) is 1.61. The van der Waals surface area contributed by atoms with E-state index in [0.717, 1.165) is 18.2 Å². The molecule has 5 nitrogen and oxygen atoms in total. The van der Waals surface area contributed by atoms with Gasteiger partial charge in [0.15, 0.2) is 0 Å². The molecular formula is C15H16N2O3. The fourth-order valence-electron chi connectivity index (χ4n) is 1.84. The minimum absolute atomic E-state index is 0.0125. The summed E-state index contributed by atoms with van der Waals surface area (Å²) < 4.78 is 4.39. The predicted octanol–water partition coefficient (Wildman–Crippen LogP) is 2.07. The summed E-state index contributed by atoms with van der Waals surface area (Å²) >= 11 is 0. The molecule has 1 aromatic carbocycles. The van der Waals surface area contributed by atoms with Crippen LogP contribution >= 0.6 is 0 Å². The van der Waals surface area contributed by atoms with Gasteiger partial charge >= 0.3 is 11.7 Å². The molecule has 0 saturated heterocycles. The Labute approximate surface area is 117 Å². The lowest BCUT2D eigenvalue weighted by Gasteiger charge is -2.11. The molecule has 104 valence electrons. The Bertz CT molecular complexity index is 587. The van der Waals surface area contributed by atoms with E-state index in [4.69, 9.17) is 5.53 Å². The Kier molecular flexibility index (Phi) is 5.56. The topological polar surface area (TPSA) is 79.8 Å². The van der Waals surface area contributed by atoms with Crippen molar-refractivity contribution in [1.82, 2.24) is 0 Å². The van der Waals surface area contributed by atoms with Crippen LogP contribution in [0.4, 0.5) is 0 Å². The molecule has 0 N–H and O–H groups in total. The fraction of sp³-hybridized carbons (Fsp3) is 0.267. The number of nitrogens with zero attached hydrogens (tertiary/aromatic N) is 2. The second-order valence-corrected chi connectivity index (χ2v) is 4.32. The maximum Gasteiger partial charge on any atom is 0.441 e. The molecule has 5 heteroatoms. The number of ketones is 1. The highest BCUT2D eigenvalue weighted by Crippen LogP contribution is 2.22. The van der Waals surface area contributed by atoms with Crippen LogP contribution in [-0.2, 0) is 14.3 Å². The third-order valence-corrected chi connectivity index (χ3v) is 2.90. The van der Waals surface area contributed by atoms with Crippen molar-refractivity contribution in [3.63, 3.8) is 0 Å². The van der Waals surface area contributed by atoms with Gasteiger partial charge < -0.3 is 10.3 Å². The molecule has 0 aliphatic heterocycles. The van der Waals surface area contributed by atoms with E-state index in [9.17, 15) is 9.59 Å². The minimum Gasteiger partial charge on any atom is -0.460 e. The SMILES string of the molecule is C=C[C@H](CC(=O)C(=[N+]=[N-])C(=O)OC)c1cccc(C)c1. The zero-order valence-electron chi connectivity index (χ0n) is 11.5. The zero-order valence-corrected chi connectivity index (χ0v) is 11.5. The maximum atomic E-state index is 12.0. The van der Waals surface area contributed by atoms with Crippen LogP contribution in [0.1, 0.15) is 23.5 Å². The molecule has 0 fully saturated rings. The van der Waals surface area contributed by atoms with E-state index < -0.39 is 17.5 Å². The molecule has 0 radical (unpaired) electrons. The van der Waals surface area contributed by atoms with E-state index >= 15 is 0 Å². The first kappa shape index (κ1) is 15.5. The summed E-state index contributed by atoms with van der Waals surface area (Å²) in [4.78, 5) is 26.0. The summed E-state index contributed by atoms with van der Waals surface area (Å²) in [7, 11) is 1.12. The van der Waals surface area contributed by atoms with Crippen molar-refractivity contribution < 1.29 is 19.1 Å². The molecule has 1 rings (SSSR count). The van der Waals surface area contributed by atoms with Gasteiger partial charge in [0.25, 0.3) is 5.78 Å². The summed E-state index contributed by atoms with van der Waals surface area (Å²) in [5.41, 5.74) is 10.1. The Morgan fingerprint density at radius 2 is 2.20 bits per heavy atom. The van der Waals surface area contributed by atoms with E-state index in [1.165, 1.54) is 0 Å². The maximum absolute atomic E-state index is 12.0. The van der Waals surface area contributed by atoms with Crippen molar-refractivity contribution in [1.29, 1.82) is 0 Å². The lowest BCUT2D eigenvalue weighted by Crippen LogP contribution is -2.27. The van der Waals surface area contributed by atoms with Crippen LogP contribution in [-0.4, -0.2) is 29.4 Å². The number of rotatable bonds is 6. The summed E-state index contributed by atoms with van der Waals surface area (Å²) in [6, 6.07) is 7.64. The Morgan fingerprint density at radius 3 is 2.70 bits per heavy atom. The number of hydrogen-bond donors (Lipinski definition) is 0. The number of carbonyl (C=O) groups is 2. The van der Waals surface area contributed by atoms with Crippen LogP contribution in [0, 0.1) is 6.92 Å². The number of benzene rings is 1. The van der Waals surface area contributed by atoms with Gasteiger partial charge in [0.05, 0.1) is 7.11 Å². The van der Waals surface area contributed by atoms with Crippen molar-refractivity contribution in [3.05, 3.63) is 53.6 Å². The number of allylic oxidation sites excluding steroid dienone is 1. The summed E-state index contributed by atoms with van der Waals surface area (Å²) in [5.74, 6) is -1.81. The number of aryl methyl sites for hydroxylation is 1. The van der Waals surface area contributed by atoms with Gasteiger partial charge in [0, 0.05) is 12.3 Å². The highest BCUT2D eigenvalue weighted by atomic mass is 16.5. The van der Waals surface area contributed by atoms with Crippen LogP contribution in [0.3, 0.4) is 0 Å². The lowest BCUT2D eigenvalue weighted by molar-refractivity contribution is -0.139. The largest absolute Gasteiger partial charge is 0.460 e. The zero-order chi connectivity index (χ0) is 15.1. The number of esters is 1. The van der Waals surface area contributed by atoms with Crippen molar-refractivity contribution in [2.24, 2.45) is 0 Å². The minimum atomic E-state index is -0.954. The van der Waals surface area contributed by atoms with E-state index in [1.807, 2.05) is 31.2 Å². The molecule has 0 bridgehead atoms. The van der Waals surface area contributed by atoms with Gasteiger partial charge in [0.2, 0.25) is 0 Å². The molecule has 0 spiro atoms.